The lowest BCUT2D eigenvalue weighted by Gasteiger charge is -2.39. The van der Waals surface area contributed by atoms with E-state index in [-0.39, 0.29) is 48.0 Å². The van der Waals surface area contributed by atoms with Crippen LogP contribution >= 0.6 is 0 Å². The molecule has 3 N–H and O–H groups in total. The largest absolute Gasteiger partial charge is 0.485 e. The van der Waals surface area contributed by atoms with Crippen molar-refractivity contribution in [3.05, 3.63) is 35.3 Å². The number of amides is 1. The van der Waals surface area contributed by atoms with E-state index < -0.39 is 23.5 Å². The summed E-state index contributed by atoms with van der Waals surface area (Å²) in [4.78, 5) is 39.4. The highest BCUT2D eigenvalue weighted by Crippen LogP contribution is 2.55. The molecule has 1 amide bonds. The Hall–Kier alpha value is -2.65. The lowest BCUT2D eigenvalue weighted by molar-refractivity contribution is -0.137. The maximum absolute atomic E-state index is 13.2. The molecule has 0 aromatic heterocycles. The van der Waals surface area contributed by atoms with Crippen LogP contribution in [-0.2, 0) is 23.8 Å². The normalized spacial score (nSPS) is 33.7. The molecule has 0 bridgehead atoms. The van der Waals surface area contributed by atoms with E-state index in [9.17, 15) is 14.4 Å². The van der Waals surface area contributed by atoms with E-state index in [4.69, 9.17) is 19.9 Å². The van der Waals surface area contributed by atoms with Crippen molar-refractivity contribution in [1.82, 2.24) is 10.2 Å². The van der Waals surface area contributed by atoms with Crippen LogP contribution in [0.5, 0.6) is 0 Å². The highest BCUT2D eigenvalue weighted by Gasteiger charge is 2.72. The summed E-state index contributed by atoms with van der Waals surface area (Å²) in [7, 11) is 1.52. The molecule has 0 aromatic rings. The summed E-state index contributed by atoms with van der Waals surface area (Å²) in [6.45, 7) is 5.59. The van der Waals surface area contributed by atoms with Gasteiger partial charge in [0.1, 0.15) is 13.2 Å². The van der Waals surface area contributed by atoms with Crippen molar-refractivity contribution < 1.29 is 28.6 Å². The van der Waals surface area contributed by atoms with Crippen molar-refractivity contribution in [2.75, 3.05) is 26.9 Å². The second kappa shape index (κ2) is 5.93. The van der Waals surface area contributed by atoms with Crippen LogP contribution in [0.2, 0.25) is 0 Å². The number of carbonyl (C=O) groups excluding carboxylic acids is 3. The molecule has 4 aliphatic rings. The number of nitrogens with two attached hydrogens (primary N) is 1. The van der Waals surface area contributed by atoms with Crippen molar-refractivity contribution in [2.24, 2.45) is 11.7 Å². The van der Waals surface area contributed by atoms with Gasteiger partial charge in [-0.15, -0.1) is 0 Å². The maximum Gasteiger partial charge on any atom is 0.404 e. The van der Waals surface area contributed by atoms with Crippen molar-refractivity contribution in [1.29, 1.82) is 0 Å². The molecule has 2 saturated heterocycles. The smallest absolute Gasteiger partial charge is 0.404 e. The second-order valence-corrected chi connectivity index (χ2v) is 6.97. The lowest BCUT2D eigenvalue weighted by atomic mass is 9.83. The van der Waals surface area contributed by atoms with E-state index in [0.29, 0.717) is 12.2 Å². The number of hydrogen-bond acceptors (Lipinski definition) is 8. The van der Waals surface area contributed by atoms with Crippen molar-refractivity contribution in [2.45, 2.75) is 24.7 Å². The van der Waals surface area contributed by atoms with Crippen LogP contribution in [-0.4, -0.2) is 67.2 Å². The SMILES string of the molecule is C=CCOC1=C(C)C(=O)C2=C(C1=O)C(COC(N)=O)[C@@]1(OC)C3NC3CN21. The number of ketones is 2. The first-order valence-electron chi connectivity index (χ1n) is 8.67. The van der Waals surface area contributed by atoms with Gasteiger partial charge in [0.2, 0.25) is 11.6 Å². The number of fused-ring (bicyclic) bond motifs is 4. The number of methoxy groups -OCH3 is 1. The monoisotopic (exact) mass is 375 g/mol. The minimum atomic E-state index is -0.982. The van der Waals surface area contributed by atoms with Gasteiger partial charge in [-0.05, 0) is 6.92 Å². The molecule has 0 radical (unpaired) electrons. The fourth-order valence-electron chi connectivity index (χ4n) is 4.58. The Bertz CT molecular complexity index is 831. The predicted octanol–water partition coefficient (Wildman–Crippen LogP) is -0.407. The van der Waals surface area contributed by atoms with Gasteiger partial charge in [0, 0.05) is 30.8 Å². The van der Waals surface area contributed by atoms with E-state index in [2.05, 4.69) is 11.9 Å². The van der Waals surface area contributed by atoms with Crippen molar-refractivity contribution in [3.8, 4) is 0 Å². The van der Waals surface area contributed by atoms with Crippen molar-refractivity contribution in [3.63, 3.8) is 0 Å². The maximum atomic E-state index is 13.2. The molecule has 144 valence electrons. The Balaban J connectivity index is 1.80. The third-order valence-corrected chi connectivity index (χ3v) is 5.72. The molecule has 1 aliphatic carbocycles. The second-order valence-electron chi connectivity index (χ2n) is 6.97. The van der Waals surface area contributed by atoms with Crippen LogP contribution in [0.4, 0.5) is 4.79 Å². The van der Waals surface area contributed by atoms with Crippen LogP contribution in [0.1, 0.15) is 6.92 Å². The average Bonchev–Trinajstić information content (AvgIpc) is 3.24. The molecule has 3 unspecified atom stereocenters. The molecule has 0 aromatic carbocycles. The quantitative estimate of drug-likeness (QED) is 0.364. The van der Waals surface area contributed by atoms with Gasteiger partial charge < -0.3 is 30.2 Å². The Labute approximate surface area is 155 Å². The van der Waals surface area contributed by atoms with Crippen LogP contribution < -0.4 is 11.1 Å². The van der Waals surface area contributed by atoms with Crippen LogP contribution in [0, 0.1) is 5.92 Å². The molecular formula is C18H21N3O6. The minimum absolute atomic E-state index is 0.00421. The molecule has 4 rings (SSSR count). The van der Waals surface area contributed by atoms with Crippen LogP contribution in [0.15, 0.2) is 35.3 Å². The number of piperazine rings is 1. The summed E-state index contributed by atoms with van der Waals surface area (Å²) in [5.74, 6) is -1.35. The Morgan fingerprint density at radius 2 is 2.19 bits per heavy atom. The molecule has 0 saturated carbocycles. The van der Waals surface area contributed by atoms with Gasteiger partial charge >= 0.3 is 6.09 Å². The Kier molecular flexibility index (Phi) is 3.90. The number of rotatable bonds is 6. The van der Waals surface area contributed by atoms with Gasteiger partial charge in [-0.3, -0.25) is 9.59 Å². The highest BCUT2D eigenvalue weighted by molar-refractivity contribution is 6.25. The third kappa shape index (κ3) is 2.21. The highest BCUT2D eigenvalue weighted by atomic mass is 16.6. The van der Waals surface area contributed by atoms with E-state index in [1.165, 1.54) is 13.2 Å². The van der Waals surface area contributed by atoms with Crippen LogP contribution in [0.25, 0.3) is 0 Å². The van der Waals surface area contributed by atoms with E-state index in [1.807, 2.05) is 4.90 Å². The number of Topliss-reactive ketones (excluding diaryl/α,β-unsaturated/α-hetero) is 2. The zero-order valence-corrected chi connectivity index (χ0v) is 15.1. The number of carbonyl (C=O) groups is 3. The van der Waals surface area contributed by atoms with Crippen molar-refractivity contribution >= 4 is 17.7 Å². The van der Waals surface area contributed by atoms with E-state index in [1.54, 1.807) is 6.92 Å². The summed E-state index contributed by atoms with van der Waals surface area (Å²) < 4.78 is 16.4. The zero-order chi connectivity index (χ0) is 19.5. The summed E-state index contributed by atoms with van der Waals surface area (Å²) >= 11 is 0. The molecular weight excluding hydrogens is 354 g/mol. The van der Waals surface area contributed by atoms with E-state index in [0.717, 1.165) is 0 Å². The van der Waals surface area contributed by atoms with Gasteiger partial charge in [-0.2, -0.15) is 0 Å². The first-order valence-corrected chi connectivity index (χ1v) is 8.67. The third-order valence-electron chi connectivity index (χ3n) is 5.72. The molecule has 2 fully saturated rings. The summed E-state index contributed by atoms with van der Waals surface area (Å²) in [6, 6.07) is 0.0775. The number of allylic oxidation sites excluding steroid dienone is 2. The molecule has 0 spiro atoms. The van der Waals surface area contributed by atoms with E-state index >= 15 is 0 Å². The molecule has 3 aliphatic heterocycles. The fourth-order valence-corrected chi connectivity index (χ4v) is 4.58. The minimum Gasteiger partial charge on any atom is -0.485 e. The topological polar surface area (TPSA) is 130 Å². The molecule has 3 heterocycles. The van der Waals surface area contributed by atoms with Gasteiger partial charge in [-0.25, -0.2) is 4.79 Å². The zero-order valence-electron chi connectivity index (χ0n) is 15.1. The number of primary amides is 1. The van der Waals surface area contributed by atoms with Gasteiger partial charge in [-0.1, -0.05) is 12.7 Å². The summed E-state index contributed by atoms with van der Waals surface area (Å²) in [6.07, 6.45) is 0.544. The molecule has 9 heteroatoms. The number of nitrogens with zero attached hydrogens (tertiary/aromatic N) is 1. The van der Waals surface area contributed by atoms with Gasteiger partial charge in [0.05, 0.1) is 17.7 Å². The summed E-state index contributed by atoms with van der Waals surface area (Å²) in [5.41, 5.74) is 4.96. The number of nitrogens with one attached hydrogen (secondary N) is 1. The molecule has 9 nitrogen and oxygen atoms in total. The Morgan fingerprint density at radius 1 is 1.44 bits per heavy atom. The average molecular weight is 375 g/mol. The fraction of sp³-hybridized carbons (Fsp3) is 0.500. The number of hydrogen-bond donors (Lipinski definition) is 2. The van der Waals surface area contributed by atoms with Gasteiger partial charge in [0.25, 0.3) is 0 Å². The predicted molar refractivity (Wildman–Crippen MR) is 92.1 cm³/mol. The summed E-state index contributed by atoms with van der Waals surface area (Å²) in [5, 5.41) is 3.30. The first-order chi connectivity index (χ1) is 12.9. The first kappa shape index (κ1) is 17.7. The van der Waals surface area contributed by atoms with Gasteiger partial charge in [0.15, 0.2) is 11.5 Å². The standard InChI is InChI=1S/C18H21N3O6/c1-4-5-26-15-8(2)13(22)12-11(14(15)23)9(7-27-17(19)24)18(25-3)16-10(20-16)6-21(12)18/h4,9-10,16,20H,1,5-7H2,2-3H3,(H2,19,24)/t9?,10?,16?,18-/m1/s1. The molecule has 4 atom stereocenters. The Morgan fingerprint density at radius 3 is 2.81 bits per heavy atom. The lowest BCUT2D eigenvalue weighted by Crippen LogP contribution is -2.55. The molecule has 27 heavy (non-hydrogen) atoms. The van der Waals surface area contributed by atoms with Crippen LogP contribution in [0.3, 0.4) is 0 Å². The number of ether oxygens (including phenoxy) is 3.